The zero-order chi connectivity index (χ0) is 23.9. The summed E-state index contributed by atoms with van der Waals surface area (Å²) in [5, 5.41) is 0. The van der Waals surface area contributed by atoms with E-state index in [-0.39, 0.29) is 42.7 Å². The summed E-state index contributed by atoms with van der Waals surface area (Å²) in [4.78, 5) is 39.7. The number of carbonyl (C=O) groups is 3. The number of epoxide rings is 1. The maximum absolute atomic E-state index is 14.2. The fourth-order valence-corrected chi connectivity index (χ4v) is 9.34. The lowest BCUT2D eigenvalue weighted by Gasteiger charge is -2.65. The summed E-state index contributed by atoms with van der Waals surface area (Å²) in [6, 6.07) is 1.81. The Kier molecular flexibility index (Phi) is 3.70. The second-order valence-electron chi connectivity index (χ2n) is 12.2. The van der Waals surface area contributed by atoms with Gasteiger partial charge in [-0.05, 0) is 45.6 Å². The number of hydrogen-bond acceptors (Lipinski definition) is 8. The summed E-state index contributed by atoms with van der Waals surface area (Å²) in [7, 11) is 0. The van der Waals surface area contributed by atoms with Gasteiger partial charge in [-0.15, -0.1) is 0 Å². The van der Waals surface area contributed by atoms with E-state index in [0.717, 1.165) is 12.0 Å². The van der Waals surface area contributed by atoms with Crippen molar-refractivity contribution in [3.63, 3.8) is 0 Å². The zero-order valence-corrected chi connectivity index (χ0v) is 19.9. The van der Waals surface area contributed by atoms with Gasteiger partial charge in [0.1, 0.15) is 24.1 Å². The molecular formula is C26H30O8. The van der Waals surface area contributed by atoms with Gasteiger partial charge in [-0.25, -0.2) is 4.79 Å². The fourth-order valence-electron chi connectivity index (χ4n) is 9.34. The standard InChI is InChI=1S/C26H30O8/c1-22(2)15-9-16(27)24(4)14(25(15)12-31-18(28)10-17(25)33-22)5-7-23(3)19(13-6-8-30-11-13)32-21(29)20-26(23,24)34-20/h6,8,11,14-15,17,19-20H,5,7,9-10,12H2,1-4H3/t14-,15-,17-,19-,20+,23-,24-,25?,26+/m0/s1. The second-order valence-corrected chi connectivity index (χ2v) is 12.2. The van der Waals surface area contributed by atoms with E-state index < -0.39 is 45.6 Å². The van der Waals surface area contributed by atoms with E-state index in [9.17, 15) is 14.4 Å². The number of fused-ring (bicyclic) bond motifs is 1. The van der Waals surface area contributed by atoms with Gasteiger partial charge in [0.05, 0.1) is 36.1 Å². The summed E-state index contributed by atoms with van der Waals surface area (Å²) in [6.07, 6.45) is 3.46. The molecule has 1 aromatic heterocycles. The van der Waals surface area contributed by atoms with Crippen LogP contribution in [0.3, 0.4) is 0 Å². The minimum Gasteiger partial charge on any atom is -0.472 e. The van der Waals surface area contributed by atoms with Crippen LogP contribution in [-0.2, 0) is 33.3 Å². The lowest BCUT2D eigenvalue weighted by molar-refractivity contribution is -0.225. The highest BCUT2D eigenvalue weighted by Crippen LogP contribution is 2.79. The molecule has 0 amide bonds. The van der Waals surface area contributed by atoms with Gasteiger partial charge in [-0.1, -0.05) is 6.92 Å². The average Bonchev–Trinajstić information content (AvgIpc) is 3.26. The predicted octanol–water partition coefficient (Wildman–Crippen LogP) is 3.14. The maximum Gasteiger partial charge on any atom is 0.339 e. The van der Waals surface area contributed by atoms with Crippen molar-refractivity contribution in [3.8, 4) is 0 Å². The molecule has 1 unspecified atom stereocenters. The third-order valence-corrected chi connectivity index (χ3v) is 10.7. The van der Waals surface area contributed by atoms with Crippen molar-refractivity contribution in [2.24, 2.45) is 28.1 Å². The van der Waals surface area contributed by atoms with Crippen molar-refractivity contribution in [2.75, 3.05) is 6.61 Å². The van der Waals surface area contributed by atoms with Crippen molar-refractivity contribution < 1.29 is 37.7 Å². The SMILES string of the molecule is CC1(C)O[C@H]2CC(=O)OCC23[C@H]2CC[C@@]4(C)[C@H](c5ccoc5)OC(=O)[C@H]5O[C@]54[C@]2(C)C(=O)C[C@@H]13. The number of carbonyl (C=O) groups excluding carboxylic acids is 3. The highest BCUT2D eigenvalue weighted by atomic mass is 16.7. The molecule has 8 heteroatoms. The number of cyclic esters (lactones) is 2. The third kappa shape index (κ3) is 2.02. The zero-order valence-electron chi connectivity index (χ0n) is 19.9. The average molecular weight is 471 g/mol. The quantitative estimate of drug-likeness (QED) is 0.455. The molecule has 6 aliphatic rings. The number of rotatable bonds is 1. The fraction of sp³-hybridized carbons (Fsp3) is 0.731. The first-order valence-corrected chi connectivity index (χ1v) is 12.3. The summed E-state index contributed by atoms with van der Waals surface area (Å²) in [6.45, 7) is 8.36. The molecule has 34 heavy (non-hydrogen) atoms. The molecule has 0 aromatic carbocycles. The Hall–Kier alpha value is -2.19. The molecule has 7 rings (SSSR count). The van der Waals surface area contributed by atoms with E-state index in [4.69, 9.17) is 23.4 Å². The second kappa shape index (κ2) is 5.95. The topological polar surface area (TPSA) is 105 Å². The molecule has 4 aliphatic heterocycles. The molecule has 0 radical (unpaired) electrons. The van der Waals surface area contributed by atoms with Crippen molar-refractivity contribution in [2.45, 2.75) is 82.9 Å². The molecule has 2 saturated carbocycles. The first-order chi connectivity index (χ1) is 16.0. The Morgan fingerprint density at radius 2 is 1.76 bits per heavy atom. The molecule has 182 valence electrons. The van der Waals surface area contributed by atoms with Gasteiger partial charge in [0.2, 0.25) is 0 Å². The van der Waals surface area contributed by atoms with Gasteiger partial charge in [0.25, 0.3) is 0 Å². The Morgan fingerprint density at radius 3 is 2.50 bits per heavy atom. The molecule has 6 fully saturated rings. The highest BCUT2D eigenvalue weighted by Gasteiger charge is 2.89. The molecule has 5 heterocycles. The van der Waals surface area contributed by atoms with E-state index in [1.54, 1.807) is 12.5 Å². The number of Topliss-reactive ketones (excluding diaryl/α,β-unsaturated/α-hetero) is 1. The number of hydrogen-bond donors (Lipinski definition) is 0. The van der Waals surface area contributed by atoms with Crippen LogP contribution in [-0.4, -0.2) is 47.7 Å². The van der Waals surface area contributed by atoms with Crippen LogP contribution in [0.25, 0.3) is 0 Å². The van der Waals surface area contributed by atoms with Gasteiger partial charge in [-0.3, -0.25) is 9.59 Å². The maximum atomic E-state index is 14.2. The van der Waals surface area contributed by atoms with Crippen molar-refractivity contribution in [1.82, 2.24) is 0 Å². The third-order valence-electron chi connectivity index (χ3n) is 10.7. The molecule has 4 saturated heterocycles. The molecule has 9 atom stereocenters. The molecule has 1 aromatic rings. The van der Waals surface area contributed by atoms with E-state index in [1.165, 1.54) is 0 Å². The molecule has 8 nitrogen and oxygen atoms in total. The first-order valence-electron chi connectivity index (χ1n) is 12.3. The lowest BCUT2D eigenvalue weighted by Crippen LogP contribution is -2.72. The van der Waals surface area contributed by atoms with Crippen molar-refractivity contribution in [1.29, 1.82) is 0 Å². The normalized spacial score (nSPS) is 52.4. The van der Waals surface area contributed by atoms with Gasteiger partial charge in [0.15, 0.2) is 6.10 Å². The minimum atomic E-state index is -0.976. The largest absolute Gasteiger partial charge is 0.472 e. The van der Waals surface area contributed by atoms with Crippen LogP contribution in [0.5, 0.6) is 0 Å². The molecule has 0 bridgehead atoms. The van der Waals surface area contributed by atoms with Crippen LogP contribution in [0.2, 0.25) is 0 Å². The van der Waals surface area contributed by atoms with Crippen molar-refractivity contribution >= 4 is 17.7 Å². The minimum absolute atomic E-state index is 0.0677. The van der Waals surface area contributed by atoms with Crippen molar-refractivity contribution in [3.05, 3.63) is 24.2 Å². The summed E-state index contributed by atoms with van der Waals surface area (Å²) in [5.41, 5.74) is -2.78. The van der Waals surface area contributed by atoms with Crippen LogP contribution in [0.15, 0.2) is 23.0 Å². The van der Waals surface area contributed by atoms with Gasteiger partial charge in [0, 0.05) is 28.7 Å². The molecule has 2 spiro atoms. The smallest absolute Gasteiger partial charge is 0.339 e. The van der Waals surface area contributed by atoms with Crippen LogP contribution in [0.1, 0.15) is 65.0 Å². The number of ketones is 1. The van der Waals surface area contributed by atoms with Crippen LogP contribution in [0, 0.1) is 28.1 Å². The Labute approximate surface area is 197 Å². The Morgan fingerprint density at radius 1 is 0.971 bits per heavy atom. The first kappa shape index (κ1) is 21.1. The van der Waals surface area contributed by atoms with E-state index in [0.29, 0.717) is 12.8 Å². The monoisotopic (exact) mass is 470 g/mol. The highest BCUT2D eigenvalue weighted by molar-refractivity contribution is 5.93. The van der Waals surface area contributed by atoms with Crippen LogP contribution >= 0.6 is 0 Å². The lowest BCUT2D eigenvalue weighted by atomic mass is 9.37. The molecular weight excluding hydrogens is 440 g/mol. The number of furan rings is 1. The van der Waals surface area contributed by atoms with Crippen LogP contribution < -0.4 is 0 Å². The predicted molar refractivity (Wildman–Crippen MR) is 114 cm³/mol. The van der Waals surface area contributed by atoms with Gasteiger partial charge >= 0.3 is 11.9 Å². The number of esters is 2. The molecule has 2 aliphatic carbocycles. The molecule has 0 N–H and O–H groups in total. The summed E-state index contributed by atoms with van der Waals surface area (Å²) < 4.78 is 29.8. The van der Waals surface area contributed by atoms with E-state index >= 15 is 0 Å². The Balaban J connectivity index is 1.41. The van der Waals surface area contributed by atoms with E-state index in [1.807, 2.05) is 26.8 Å². The van der Waals surface area contributed by atoms with Crippen LogP contribution in [0.4, 0.5) is 0 Å². The summed E-state index contributed by atoms with van der Waals surface area (Å²) in [5.74, 6) is -0.780. The van der Waals surface area contributed by atoms with Gasteiger partial charge < -0.3 is 23.4 Å². The van der Waals surface area contributed by atoms with Gasteiger partial charge in [-0.2, -0.15) is 0 Å². The summed E-state index contributed by atoms with van der Waals surface area (Å²) >= 11 is 0. The Bertz CT molecular complexity index is 1120. The van der Waals surface area contributed by atoms with E-state index in [2.05, 4.69) is 6.92 Å². The number of ether oxygens (including phenoxy) is 4.